The average molecular weight is 139 g/mol. The van der Waals surface area contributed by atoms with E-state index in [1.807, 2.05) is 25.2 Å². The van der Waals surface area contributed by atoms with Crippen LogP contribution in [0.25, 0.3) is 0 Å². The van der Waals surface area contributed by atoms with Gasteiger partial charge in [0.1, 0.15) is 0 Å². The van der Waals surface area contributed by atoms with Crippen LogP contribution in [0, 0.1) is 0 Å². The molecule has 10 heavy (non-hydrogen) atoms. The first-order chi connectivity index (χ1) is 4.43. The van der Waals surface area contributed by atoms with Crippen molar-refractivity contribution >= 4 is 0 Å². The normalized spacial score (nSPS) is 8.50. The Kier molecular flexibility index (Phi) is 4.54. The minimum absolute atomic E-state index is 0. The second-order valence-electron chi connectivity index (χ2n) is 2.02. The second kappa shape index (κ2) is 4.97. The summed E-state index contributed by atoms with van der Waals surface area (Å²) in [6.45, 7) is 0.959. The third-order valence-corrected chi connectivity index (χ3v) is 1.22. The Morgan fingerprint density at radius 2 is 1.80 bits per heavy atom. The van der Waals surface area contributed by atoms with Crippen LogP contribution >= 0.6 is 0 Å². The van der Waals surface area contributed by atoms with E-state index in [2.05, 4.69) is 17.4 Å². The van der Waals surface area contributed by atoms with Gasteiger partial charge in [-0.2, -0.15) is 0 Å². The third kappa shape index (κ3) is 2.62. The van der Waals surface area contributed by atoms with E-state index in [0.29, 0.717) is 0 Å². The van der Waals surface area contributed by atoms with Gasteiger partial charge < -0.3 is 10.8 Å². The van der Waals surface area contributed by atoms with Gasteiger partial charge in [0.15, 0.2) is 0 Å². The van der Waals surface area contributed by atoms with Crippen molar-refractivity contribution in [1.82, 2.24) is 5.32 Å². The quantitative estimate of drug-likeness (QED) is 0.640. The number of hydrogen-bond donors (Lipinski definition) is 1. The molecule has 0 heterocycles. The number of nitrogens with one attached hydrogen (secondary N) is 1. The fourth-order valence-corrected chi connectivity index (χ4v) is 0.800. The van der Waals surface area contributed by atoms with Crippen LogP contribution in [0.15, 0.2) is 30.3 Å². The molecule has 0 unspecified atom stereocenters. The highest BCUT2D eigenvalue weighted by Gasteiger charge is 1.83. The van der Waals surface area contributed by atoms with Crippen LogP contribution < -0.4 is 5.32 Å². The smallest absolute Gasteiger partial charge is 0.0202 e. The third-order valence-electron chi connectivity index (χ3n) is 1.22. The molecule has 1 aromatic carbocycles. The molecule has 0 atom stereocenters. The standard InChI is InChI=1S/C8H11N.H2O/c1-9-7-8-5-3-2-4-6-8;/h2-6,9H,7H2,1H3;1H2. The van der Waals surface area contributed by atoms with Gasteiger partial charge in [0.2, 0.25) is 0 Å². The predicted molar refractivity (Wildman–Crippen MR) is 42.8 cm³/mol. The Labute approximate surface area is 61.2 Å². The molecule has 0 spiro atoms. The van der Waals surface area contributed by atoms with Crippen LogP contribution in [0.1, 0.15) is 5.56 Å². The molecule has 1 rings (SSSR count). The predicted octanol–water partition coefficient (Wildman–Crippen LogP) is 0.581. The van der Waals surface area contributed by atoms with Gasteiger partial charge in [0.25, 0.3) is 0 Å². The van der Waals surface area contributed by atoms with Crippen LogP contribution in [0.4, 0.5) is 0 Å². The zero-order valence-corrected chi connectivity index (χ0v) is 6.09. The zero-order chi connectivity index (χ0) is 6.53. The van der Waals surface area contributed by atoms with Crippen molar-refractivity contribution in [2.24, 2.45) is 0 Å². The molecule has 2 heteroatoms. The van der Waals surface area contributed by atoms with Crippen LogP contribution in [0.3, 0.4) is 0 Å². The van der Waals surface area contributed by atoms with E-state index in [9.17, 15) is 0 Å². The van der Waals surface area contributed by atoms with Crippen LogP contribution in [0.2, 0.25) is 0 Å². The first-order valence-electron chi connectivity index (χ1n) is 3.12. The molecule has 0 aliphatic rings. The molecule has 0 saturated heterocycles. The van der Waals surface area contributed by atoms with Gasteiger partial charge in [-0.15, -0.1) is 0 Å². The number of hydrogen-bond acceptors (Lipinski definition) is 1. The van der Waals surface area contributed by atoms with E-state index < -0.39 is 0 Å². The summed E-state index contributed by atoms with van der Waals surface area (Å²) in [4.78, 5) is 0. The van der Waals surface area contributed by atoms with Gasteiger partial charge in [-0.1, -0.05) is 30.3 Å². The van der Waals surface area contributed by atoms with Crippen molar-refractivity contribution in [2.45, 2.75) is 6.54 Å². The monoisotopic (exact) mass is 139 g/mol. The molecule has 0 bridgehead atoms. The van der Waals surface area contributed by atoms with E-state index in [-0.39, 0.29) is 5.48 Å². The summed E-state index contributed by atoms with van der Waals surface area (Å²) < 4.78 is 0. The van der Waals surface area contributed by atoms with Gasteiger partial charge in [-0.05, 0) is 12.6 Å². The molecular weight excluding hydrogens is 126 g/mol. The Morgan fingerprint density at radius 3 is 2.30 bits per heavy atom. The molecule has 3 N–H and O–H groups in total. The van der Waals surface area contributed by atoms with Gasteiger partial charge in [0.05, 0.1) is 0 Å². The number of rotatable bonds is 2. The van der Waals surface area contributed by atoms with E-state index in [0.717, 1.165) is 6.54 Å². The molecule has 0 fully saturated rings. The van der Waals surface area contributed by atoms with E-state index in [4.69, 9.17) is 0 Å². The molecule has 56 valence electrons. The van der Waals surface area contributed by atoms with Gasteiger partial charge >= 0.3 is 0 Å². The minimum atomic E-state index is 0. The topological polar surface area (TPSA) is 43.5 Å². The zero-order valence-electron chi connectivity index (χ0n) is 6.09. The molecule has 0 aliphatic carbocycles. The molecule has 0 aromatic heterocycles. The summed E-state index contributed by atoms with van der Waals surface area (Å²) in [6.07, 6.45) is 0. The van der Waals surface area contributed by atoms with Crippen LogP contribution in [-0.2, 0) is 6.54 Å². The summed E-state index contributed by atoms with van der Waals surface area (Å²) in [6, 6.07) is 10.3. The maximum atomic E-state index is 3.08. The van der Waals surface area contributed by atoms with E-state index in [1.54, 1.807) is 0 Å². The fourth-order valence-electron chi connectivity index (χ4n) is 0.800. The van der Waals surface area contributed by atoms with Crippen molar-refractivity contribution in [3.05, 3.63) is 35.9 Å². The lowest BCUT2D eigenvalue weighted by Crippen LogP contribution is -2.04. The SMILES string of the molecule is CNCc1ccccc1.O. The van der Waals surface area contributed by atoms with Crippen molar-refractivity contribution < 1.29 is 5.48 Å². The lowest BCUT2D eigenvalue weighted by atomic mass is 10.2. The van der Waals surface area contributed by atoms with Crippen molar-refractivity contribution in [2.75, 3.05) is 7.05 Å². The summed E-state index contributed by atoms with van der Waals surface area (Å²) in [5.74, 6) is 0. The molecular formula is C8H13NO. The minimum Gasteiger partial charge on any atom is -0.412 e. The number of benzene rings is 1. The molecule has 0 amide bonds. The van der Waals surface area contributed by atoms with Gasteiger partial charge in [-0.25, -0.2) is 0 Å². The van der Waals surface area contributed by atoms with Gasteiger partial charge in [0, 0.05) is 6.54 Å². The maximum absolute atomic E-state index is 3.08. The lowest BCUT2D eigenvalue weighted by Gasteiger charge is -1.95. The van der Waals surface area contributed by atoms with Gasteiger partial charge in [-0.3, -0.25) is 0 Å². The van der Waals surface area contributed by atoms with E-state index >= 15 is 0 Å². The van der Waals surface area contributed by atoms with Crippen molar-refractivity contribution in [3.8, 4) is 0 Å². The Balaban J connectivity index is 0.000000810. The highest BCUT2D eigenvalue weighted by atomic mass is 16.0. The highest BCUT2D eigenvalue weighted by molar-refractivity contribution is 5.13. The first kappa shape index (κ1) is 9.14. The second-order valence-corrected chi connectivity index (χ2v) is 2.02. The van der Waals surface area contributed by atoms with Crippen LogP contribution in [0.5, 0.6) is 0 Å². The molecule has 1 aromatic rings. The molecule has 0 radical (unpaired) electrons. The Morgan fingerprint density at radius 1 is 1.20 bits per heavy atom. The molecule has 2 nitrogen and oxygen atoms in total. The largest absolute Gasteiger partial charge is 0.412 e. The summed E-state index contributed by atoms with van der Waals surface area (Å²) >= 11 is 0. The lowest BCUT2D eigenvalue weighted by molar-refractivity contribution is 0.818. The summed E-state index contributed by atoms with van der Waals surface area (Å²) in [5.41, 5.74) is 1.33. The summed E-state index contributed by atoms with van der Waals surface area (Å²) in [7, 11) is 1.95. The average Bonchev–Trinajstić information content (AvgIpc) is 1.91. The first-order valence-corrected chi connectivity index (χ1v) is 3.12. The maximum Gasteiger partial charge on any atom is 0.0202 e. The Hall–Kier alpha value is -0.860. The highest BCUT2D eigenvalue weighted by Crippen LogP contribution is 1.95. The van der Waals surface area contributed by atoms with E-state index in [1.165, 1.54) is 5.56 Å². The van der Waals surface area contributed by atoms with Crippen molar-refractivity contribution in [3.63, 3.8) is 0 Å². The van der Waals surface area contributed by atoms with Crippen molar-refractivity contribution in [1.29, 1.82) is 0 Å². The van der Waals surface area contributed by atoms with Crippen LogP contribution in [-0.4, -0.2) is 12.5 Å². The molecule has 0 saturated carbocycles. The Bertz CT molecular complexity index is 162. The summed E-state index contributed by atoms with van der Waals surface area (Å²) in [5, 5.41) is 3.08. The molecule has 0 aliphatic heterocycles. The fraction of sp³-hybridized carbons (Fsp3) is 0.250.